The third kappa shape index (κ3) is 3.58. The predicted molar refractivity (Wildman–Crippen MR) is 90.0 cm³/mol. The topological polar surface area (TPSA) is 26.3 Å². The summed E-state index contributed by atoms with van der Waals surface area (Å²) in [6.07, 6.45) is 2.77. The summed E-state index contributed by atoms with van der Waals surface area (Å²) in [5, 5.41) is 2.16. The van der Waals surface area contributed by atoms with E-state index in [1.165, 1.54) is 24.3 Å². The number of hydrogen-bond acceptors (Lipinski definition) is 2. The molecule has 0 aliphatic heterocycles. The lowest BCUT2D eigenvalue weighted by Crippen LogP contribution is -2.04. The van der Waals surface area contributed by atoms with Crippen LogP contribution in [-0.2, 0) is 4.79 Å². The summed E-state index contributed by atoms with van der Waals surface area (Å²) in [5.41, 5.74) is 0.586. The fourth-order valence-electron chi connectivity index (χ4n) is 2.24. The number of carbonyl (C=O) groups excluding carboxylic acids is 1. The molecule has 3 aromatic carbocycles. The molecule has 0 bridgehead atoms. The van der Waals surface area contributed by atoms with Crippen LogP contribution < -0.4 is 4.74 Å². The largest absolute Gasteiger partial charge is 0.423 e. The van der Waals surface area contributed by atoms with E-state index in [4.69, 9.17) is 16.3 Å². The summed E-state index contributed by atoms with van der Waals surface area (Å²) in [6, 6.07) is 16.7. The van der Waals surface area contributed by atoms with Crippen LogP contribution in [0.15, 0.2) is 66.7 Å². The molecule has 3 aromatic rings. The average Bonchev–Trinajstić information content (AvgIpc) is 2.56. The first kappa shape index (κ1) is 15.3. The highest BCUT2D eigenvalue weighted by atomic mass is 35.5. The van der Waals surface area contributed by atoms with Gasteiger partial charge in [-0.25, -0.2) is 9.18 Å². The van der Waals surface area contributed by atoms with Gasteiger partial charge in [0.2, 0.25) is 0 Å². The van der Waals surface area contributed by atoms with Crippen LogP contribution in [0.25, 0.3) is 16.8 Å². The molecular weight excluding hydrogens is 315 g/mol. The van der Waals surface area contributed by atoms with Gasteiger partial charge in [0.25, 0.3) is 0 Å². The molecule has 23 heavy (non-hydrogen) atoms. The van der Waals surface area contributed by atoms with Gasteiger partial charge in [-0.15, -0.1) is 0 Å². The molecule has 0 unspecified atom stereocenters. The Morgan fingerprint density at radius 1 is 1.00 bits per heavy atom. The molecule has 3 rings (SSSR count). The minimum atomic E-state index is -0.540. The van der Waals surface area contributed by atoms with Crippen molar-refractivity contribution < 1.29 is 13.9 Å². The van der Waals surface area contributed by atoms with Crippen LogP contribution >= 0.6 is 11.6 Å². The Labute approximate surface area is 137 Å². The molecule has 0 amide bonds. The lowest BCUT2D eigenvalue weighted by molar-refractivity contribution is -0.128. The Morgan fingerprint density at radius 3 is 2.57 bits per heavy atom. The molecular formula is C19H12ClFO2. The summed E-state index contributed by atoms with van der Waals surface area (Å²) < 4.78 is 18.4. The van der Waals surface area contributed by atoms with Crippen LogP contribution in [0.5, 0.6) is 5.75 Å². The van der Waals surface area contributed by atoms with Gasteiger partial charge in [-0.3, -0.25) is 0 Å². The van der Waals surface area contributed by atoms with Crippen molar-refractivity contribution in [3.8, 4) is 5.75 Å². The number of ether oxygens (including phenoxy) is 1. The van der Waals surface area contributed by atoms with E-state index in [9.17, 15) is 9.18 Å². The third-order valence-corrected chi connectivity index (χ3v) is 3.63. The van der Waals surface area contributed by atoms with Gasteiger partial charge < -0.3 is 4.74 Å². The second-order valence-electron chi connectivity index (χ2n) is 4.90. The Hall–Kier alpha value is -2.65. The first-order valence-corrected chi connectivity index (χ1v) is 7.34. The van der Waals surface area contributed by atoms with Crippen LogP contribution in [0.3, 0.4) is 0 Å². The van der Waals surface area contributed by atoms with Crippen LogP contribution in [0.1, 0.15) is 5.56 Å². The molecule has 0 radical (unpaired) electrons. The molecule has 0 saturated carbocycles. The summed E-state index contributed by atoms with van der Waals surface area (Å²) in [4.78, 5) is 12.0. The smallest absolute Gasteiger partial charge is 0.336 e. The molecule has 0 N–H and O–H groups in total. The van der Waals surface area contributed by atoms with Crippen molar-refractivity contribution in [2.45, 2.75) is 0 Å². The molecule has 0 atom stereocenters. The van der Waals surface area contributed by atoms with Crippen LogP contribution in [0.4, 0.5) is 4.39 Å². The Morgan fingerprint density at radius 2 is 1.78 bits per heavy atom. The maximum absolute atomic E-state index is 13.1. The molecule has 0 aromatic heterocycles. The van der Waals surface area contributed by atoms with E-state index in [2.05, 4.69) is 0 Å². The van der Waals surface area contributed by atoms with Gasteiger partial charge in [0.1, 0.15) is 11.6 Å². The van der Waals surface area contributed by atoms with Crippen molar-refractivity contribution in [2.75, 3.05) is 0 Å². The standard InChI is InChI=1S/C19H12ClFO2/c20-17-9-10-18(16-7-2-1-6-15(16)17)23-19(22)11-8-13-4-3-5-14(21)12-13/h1-12H/b11-8+. The quantitative estimate of drug-likeness (QED) is 0.373. The molecule has 0 aliphatic rings. The van der Waals surface area contributed by atoms with Crippen molar-refractivity contribution in [3.63, 3.8) is 0 Å². The van der Waals surface area contributed by atoms with Gasteiger partial charge in [0, 0.05) is 21.9 Å². The van der Waals surface area contributed by atoms with Crippen molar-refractivity contribution >= 4 is 34.4 Å². The maximum Gasteiger partial charge on any atom is 0.336 e. The van der Waals surface area contributed by atoms with Crippen molar-refractivity contribution in [2.24, 2.45) is 0 Å². The normalized spacial score (nSPS) is 11.0. The van der Waals surface area contributed by atoms with Crippen LogP contribution in [-0.4, -0.2) is 5.97 Å². The number of rotatable bonds is 3. The Bertz CT molecular complexity index is 903. The third-order valence-electron chi connectivity index (χ3n) is 3.30. The second-order valence-corrected chi connectivity index (χ2v) is 5.31. The molecule has 0 aliphatic carbocycles. The molecule has 0 spiro atoms. The lowest BCUT2D eigenvalue weighted by atomic mass is 10.1. The zero-order valence-electron chi connectivity index (χ0n) is 12.0. The van der Waals surface area contributed by atoms with E-state index < -0.39 is 5.97 Å². The van der Waals surface area contributed by atoms with Crippen molar-refractivity contribution in [3.05, 3.63) is 83.1 Å². The van der Waals surface area contributed by atoms with Crippen LogP contribution in [0.2, 0.25) is 5.02 Å². The zero-order chi connectivity index (χ0) is 16.2. The van der Waals surface area contributed by atoms with E-state index >= 15 is 0 Å². The summed E-state index contributed by atoms with van der Waals surface area (Å²) >= 11 is 6.13. The van der Waals surface area contributed by atoms with Crippen molar-refractivity contribution in [1.82, 2.24) is 0 Å². The monoisotopic (exact) mass is 326 g/mol. The predicted octanol–water partition coefficient (Wildman–Crippen LogP) is 5.25. The van der Waals surface area contributed by atoms with Gasteiger partial charge >= 0.3 is 5.97 Å². The van der Waals surface area contributed by atoms with Gasteiger partial charge in [-0.2, -0.15) is 0 Å². The average molecular weight is 327 g/mol. The highest BCUT2D eigenvalue weighted by Gasteiger charge is 2.08. The Kier molecular flexibility index (Phi) is 4.40. The number of fused-ring (bicyclic) bond motifs is 1. The molecule has 0 fully saturated rings. The van der Waals surface area contributed by atoms with E-state index in [0.717, 1.165) is 10.8 Å². The molecule has 4 heteroatoms. The number of benzene rings is 3. The first-order valence-electron chi connectivity index (χ1n) is 6.96. The second kappa shape index (κ2) is 6.63. The first-order chi connectivity index (χ1) is 11.1. The number of esters is 1. The summed E-state index contributed by atoms with van der Waals surface area (Å²) in [6.45, 7) is 0. The molecule has 114 valence electrons. The lowest BCUT2D eigenvalue weighted by Gasteiger charge is -2.07. The summed E-state index contributed by atoms with van der Waals surface area (Å²) in [7, 11) is 0. The van der Waals surface area contributed by atoms with Gasteiger partial charge in [0.15, 0.2) is 0 Å². The fourth-order valence-corrected chi connectivity index (χ4v) is 2.47. The van der Waals surface area contributed by atoms with E-state index in [1.54, 1.807) is 24.3 Å². The van der Waals surface area contributed by atoms with E-state index in [-0.39, 0.29) is 5.82 Å². The number of hydrogen-bond donors (Lipinski definition) is 0. The molecule has 0 saturated heterocycles. The van der Waals surface area contributed by atoms with E-state index in [0.29, 0.717) is 16.3 Å². The fraction of sp³-hybridized carbons (Fsp3) is 0. The highest BCUT2D eigenvalue weighted by Crippen LogP contribution is 2.31. The van der Waals surface area contributed by atoms with Crippen molar-refractivity contribution in [1.29, 1.82) is 0 Å². The van der Waals surface area contributed by atoms with Gasteiger partial charge in [-0.05, 0) is 35.9 Å². The van der Waals surface area contributed by atoms with Gasteiger partial charge in [-0.1, -0.05) is 48.0 Å². The van der Waals surface area contributed by atoms with E-state index in [1.807, 2.05) is 24.3 Å². The SMILES string of the molecule is O=C(/C=C/c1cccc(F)c1)Oc1ccc(Cl)c2ccccc12. The molecule has 0 heterocycles. The number of carbonyl (C=O) groups is 1. The minimum absolute atomic E-state index is 0.357. The minimum Gasteiger partial charge on any atom is -0.423 e. The Balaban J connectivity index is 1.82. The molecule has 2 nitrogen and oxygen atoms in total. The maximum atomic E-state index is 13.1. The highest BCUT2D eigenvalue weighted by molar-refractivity contribution is 6.35. The number of halogens is 2. The summed E-state index contributed by atoms with van der Waals surface area (Å²) in [5.74, 6) is -0.468. The van der Waals surface area contributed by atoms with Crippen LogP contribution in [0, 0.1) is 5.82 Å². The zero-order valence-corrected chi connectivity index (χ0v) is 12.8. The van der Waals surface area contributed by atoms with Gasteiger partial charge in [0.05, 0.1) is 0 Å².